The van der Waals surface area contributed by atoms with Crippen LogP contribution in [0.1, 0.15) is 24.8 Å². The lowest BCUT2D eigenvalue weighted by molar-refractivity contribution is -0.127. The van der Waals surface area contributed by atoms with Gasteiger partial charge in [-0.15, -0.1) is 0 Å². The lowest BCUT2D eigenvalue weighted by Crippen LogP contribution is -2.43. The molecule has 1 fully saturated rings. The zero-order valence-electron chi connectivity index (χ0n) is 13.6. The molecule has 3 amide bonds. The summed E-state index contributed by atoms with van der Waals surface area (Å²) in [6.07, 6.45) is 1.56. The van der Waals surface area contributed by atoms with Gasteiger partial charge in [-0.25, -0.2) is 5.43 Å². The molecule has 0 saturated carbocycles. The van der Waals surface area contributed by atoms with Crippen LogP contribution in [0.2, 0.25) is 5.02 Å². The molecule has 0 bridgehead atoms. The second kappa shape index (κ2) is 7.65. The molecule has 2 aliphatic rings. The van der Waals surface area contributed by atoms with Crippen molar-refractivity contribution in [2.24, 2.45) is 5.10 Å². The van der Waals surface area contributed by atoms with Crippen LogP contribution < -0.4 is 10.7 Å². The van der Waals surface area contributed by atoms with E-state index in [2.05, 4.69) is 15.8 Å². The maximum absolute atomic E-state index is 12.2. The monoisotopic (exact) mass is 362 g/mol. The van der Waals surface area contributed by atoms with Crippen LogP contribution in [-0.4, -0.2) is 47.5 Å². The van der Waals surface area contributed by atoms with Crippen LogP contribution in [0, 0.1) is 0 Å². The Kier molecular flexibility index (Phi) is 5.33. The van der Waals surface area contributed by atoms with Crippen LogP contribution in [0.25, 0.3) is 0 Å². The predicted molar refractivity (Wildman–Crippen MR) is 93.1 cm³/mol. The van der Waals surface area contributed by atoms with Gasteiger partial charge in [-0.05, 0) is 24.1 Å². The van der Waals surface area contributed by atoms with E-state index in [1.807, 2.05) is 24.3 Å². The number of hydrogen-bond donors (Lipinski definition) is 2. The summed E-state index contributed by atoms with van der Waals surface area (Å²) in [5, 5.41) is 7.27. The van der Waals surface area contributed by atoms with Gasteiger partial charge in [-0.3, -0.25) is 14.4 Å². The Bertz CT molecular complexity index is 734. The number of carbonyl (C=O) groups excluding carboxylic acids is 3. The van der Waals surface area contributed by atoms with Gasteiger partial charge in [0.15, 0.2) is 0 Å². The standard InChI is InChI=1S/C17H19ClN4O3/c18-12-3-1-2-11(8-12)6-7-22-10-13(9-16(22)24)19-17(25)14-4-5-15(23)21-20-14/h1-3,8,13H,4-7,9-10H2,(H,19,25)(H,21,23). The smallest absolute Gasteiger partial charge is 0.267 e. The van der Waals surface area contributed by atoms with Gasteiger partial charge in [0.2, 0.25) is 11.8 Å². The summed E-state index contributed by atoms with van der Waals surface area (Å²) < 4.78 is 0. The van der Waals surface area contributed by atoms with Gasteiger partial charge in [0.05, 0.1) is 6.04 Å². The van der Waals surface area contributed by atoms with Crippen molar-refractivity contribution < 1.29 is 14.4 Å². The molecule has 0 aliphatic carbocycles. The minimum atomic E-state index is -0.325. The Morgan fingerprint density at radius 3 is 2.92 bits per heavy atom. The first-order chi connectivity index (χ1) is 12.0. The summed E-state index contributed by atoms with van der Waals surface area (Å²) in [5.74, 6) is -0.500. The third kappa shape index (κ3) is 4.57. The molecular weight excluding hydrogens is 344 g/mol. The minimum absolute atomic E-state index is 0.0196. The second-order valence-corrected chi connectivity index (χ2v) is 6.62. The van der Waals surface area contributed by atoms with E-state index in [0.717, 1.165) is 5.56 Å². The van der Waals surface area contributed by atoms with E-state index in [1.165, 1.54) is 0 Å². The van der Waals surface area contributed by atoms with Crippen molar-refractivity contribution >= 4 is 35.0 Å². The van der Waals surface area contributed by atoms with Crippen molar-refractivity contribution in [2.75, 3.05) is 13.1 Å². The molecule has 1 unspecified atom stereocenters. The molecule has 25 heavy (non-hydrogen) atoms. The quantitative estimate of drug-likeness (QED) is 0.814. The van der Waals surface area contributed by atoms with Crippen molar-refractivity contribution in [3.8, 4) is 0 Å². The third-order valence-electron chi connectivity index (χ3n) is 4.28. The highest BCUT2D eigenvalue weighted by Crippen LogP contribution is 2.15. The topological polar surface area (TPSA) is 90.9 Å². The van der Waals surface area contributed by atoms with E-state index < -0.39 is 0 Å². The zero-order chi connectivity index (χ0) is 17.8. The number of likely N-dealkylation sites (tertiary alicyclic amines) is 1. The van der Waals surface area contributed by atoms with Gasteiger partial charge < -0.3 is 10.2 Å². The molecule has 2 heterocycles. The Balaban J connectivity index is 1.50. The zero-order valence-corrected chi connectivity index (χ0v) is 14.4. The molecule has 0 radical (unpaired) electrons. The van der Waals surface area contributed by atoms with Gasteiger partial charge in [-0.1, -0.05) is 23.7 Å². The predicted octanol–water partition coefficient (Wildman–Crippen LogP) is 0.866. The molecule has 1 aromatic rings. The second-order valence-electron chi connectivity index (χ2n) is 6.19. The Morgan fingerprint density at radius 2 is 2.20 bits per heavy atom. The molecule has 7 nitrogen and oxygen atoms in total. The lowest BCUT2D eigenvalue weighted by atomic mass is 10.1. The van der Waals surface area contributed by atoms with Crippen LogP contribution in [-0.2, 0) is 20.8 Å². The number of hydrazone groups is 1. The maximum Gasteiger partial charge on any atom is 0.267 e. The van der Waals surface area contributed by atoms with E-state index in [-0.39, 0.29) is 36.6 Å². The number of nitrogens with zero attached hydrogens (tertiary/aromatic N) is 2. The molecule has 0 aromatic heterocycles. The average Bonchev–Trinajstić information content (AvgIpc) is 2.93. The molecule has 1 aromatic carbocycles. The van der Waals surface area contributed by atoms with E-state index in [0.29, 0.717) is 36.7 Å². The van der Waals surface area contributed by atoms with Crippen molar-refractivity contribution in [1.82, 2.24) is 15.6 Å². The van der Waals surface area contributed by atoms with Gasteiger partial charge in [0.1, 0.15) is 5.71 Å². The average molecular weight is 363 g/mol. The van der Waals surface area contributed by atoms with E-state index >= 15 is 0 Å². The first-order valence-electron chi connectivity index (χ1n) is 8.20. The van der Waals surface area contributed by atoms with Gasteiger partial charge in [-0.2, -0.15) is 5.10 Å². The van der Waals surface area contributed by atoms with Crippen molar-refractivity contribution in [3.05, 3.63) is 34.9 Å². The highest BCUT2D eigenvalue weighted by Gasteiger charge is 2.31. The molecule has 3 rings (SSSR count). The number of nitrogens with one attached hydrogen (secondary N) is 2. The first-order valence-corrected chi connectivity index (χ1v) is 8.57. The molecule has 132 valence electrons. The summed E-state index contributed by atoms with van der Waals surface area (Å²) in [7, 11) is 0. The molecule has 2 N–H and O–H groups in total. The molecular formula is C17H19ClN4O3. The molecule has 2 aliphatic heterocycles. The summed E-state index contributed by atoms with van der Waals surface area (Å²) in [6, 6.07) is 7.32. The van der Waals surface area contributed by atoms with Crippen LogP contribution in [0.5, 0.6) is 0 Å². The third-order valence-corrected chi connectivity index (χ3v) is 4.51. The van der Waals surface area contributed by atoms with E-state index in [1.54, 1.807) is 4.90 Å². The van der Waals surface area contributed by atoms with Crippen molar-refractivity contribution in [1.29, 1.82) is 0 Å². The highest BCUT2D eigenvalue weighted by molar-refractivity contribution is 6.39. The lowest BCUT2D eigenvalue weighted by Gasteiger charge is -2.18. The number of hydrogen-bond acceptors (Lipinski definition) is 4. The summed E-state index contributed by atoms with van der Waals surface area (Å²) in [4.78, 5) is 37.1. The van der Waals surface area contributed by atoms with Crippen LogP contribution in [0.4, 0.5) is 0 Å². The first kappa shape index (κ1) is 17.4. The van der Waals surface area contributed by atoms with Gasteiger partial charge in [0.25, 0.3) is 5.91 Å². The minimum Gasteiger partial charge on any atom is -0.346 e. The van der Waals surface area contributed by atoms with Crippen LogP contribution in [0.3, 0.4) is 0 Å². The Labute approximate surface area is 150 Å². The van der Waals surface area contributed by atoms with Crippen molar-refractivity contribution in [3.63, 3.8) is 0 Å². The van der Waals surface area contributed by atoms with E-state index in [4.69, 9.17) is 11.6 Å². The normalized spacial score (nSPS) is 20.3. The number of halogens is 1. The SMILES string of the molecule is O=C1CCC(C(=O)NC2CC(=O)N(CCc3cccc(Cl)c3)C2)=NN1. The van der Waals surface area contributed by atoms with E-state index in [9.17, 15) is 14.4 Å². The molecule has 0 spiro atoms. The number of amides is 3. The summed E-state index contributed by atoms with van der Waals surface area (Å²) >= 11 is 5.97. The molecule has 1 saturated heterocycles. The summed E-state index contributed by atoms with van der Waals surface area (Å²) in [6.45, 7) is 1.06. The van der Waals surface area contributed by atoms with Crippen LogP contribution in [0.15, 0.2) is 29.4 Å². The number of rotatable bonds is 5. The fraction of sp³-hybridized carbons (Fsp3) is 0.412. The maximum atomic E-state index is 12.2. The van der Waals surface area contributed by atoms with Crippen LogP contribution >= 0.6 is 11.6 Å². The van der Waals surface area contributed by atoms with Gasteiger partial charge >= 0.3 is 0 Å². The molecule has 1 atom stereocenters. The fourth-order valence-electron chi connectivity index (χ4n) is 2.95. The number of carbonyl (C=O) groups is 3. The summed E-state index contributed by atoms with van der Waals surface area (Å²) in [5.41, 5.74) is 3.66. The van der Waals surface area contributed by atoms with Gasteiger partial charge in [0, 0.05) is 37.4 Å². The largest absolute Gasteiger partial charge is 0.346 e. The number of benzene rings is 1. The Morgan fingerprint density at radius 1 is 1.36 bits per heavy atom. The Hall–Kier alpha value is -2.41. The molecule has 8 heteroatoms. The fourth-order valence-corrected chi connectivity index (χ4v) is 3.16. The highest BCUT2D eigenvalue weighted by atomic mass is 35.5. The van der Waals surface area contributed by atoms with Crippen molar-refractivity contribution in [2.45, 2.75) is 31.7 Å².